The van der Waals surface area contributed by atoms with Gasteiger partial charge < -0.3 is 0 Å². The van der Waals surface area contributed by atoms with Crippen LogP contribution in [-0.4, -0.2) is 5.78 Å². The van der Waals surface area contributed by atoms with Crippen molar-refractivity contribution in [2.24, 2.45) is 0 Å². The summed E-state index contributed by atoms with van der Waals surface area (Å²) < 4.78 is 0. The second-order valence-electron chi connectivity index (χ2n) is 6.44. The van der Waals surface area contributed by atoms with Gasteiger partial charge in [-0.2, -0.15) is 0 Å². The van der Waals surface area contributed by atoms with Crippen molar-refractivity contribution in [1.29, 1.82) is 0 Å². The van der Waals surface area contributed by atoms with Crippen LogP contribution in [0.4, 0.5) is 0 Å². The molecular weight excluding hydrogens is 268 g/mol. The summed E-state index contributed by atoms with van der Waals surface area (Å²) in [5.41, 5.74) is 4.61. The molecule has 1 spiro atoms. The number of Topliss-reactive ketones (excluding diaryl/α,β-unsaturated/α-hetero) is 1. The van der Waals surface area contributed by atoms with Crippen molar-refractivity contribution in [2.75, 3.05) is 0 Å². The first kappa shape index (κ1) is 12.2. The van der Waals surface area contributed by atoms with Gasteiger partial charge in [0.2, 0.25) is 0 Å². The lowest BCUT2D eigenvalue weighted by Crippen LogP contribution is -2.29. The molecule has 1 heteroatoms. The summed E-state index contributed by atoms with van der Waals surface area (Å²) in [6.07, 6.45) is 2.66. The minimum Gasteiger partial charge on any atom is -0.298 e. The zero-order chi connectivity index (χ0) is 14.7. The third-order valence-electron chi connectivity index (χ3n) is 5.48. The molecule has 3 aromatic carbocycles. The predicted octanol–water partition coefficient (Wildman–Crippen LogP) is 4.86. The smallest absolute Gasteiger partial charge is 0.147 e. The number of hydrogen-bond donors (Lipinski definition) is 0. The molecule has 0 saturated heterocycles. The van der Waals surface area contributed by atoms with Gasteiger partial charge in [0.1, 0.15) is 5.78 Å². The summed E-state index contributed by atoms with van der Waals surface area (Å²) in [5, 5.41) is 2.52. The molecule has 0 bridgehead atoms. The second-order valence-corrected chi connectivity index (χ2v) is 6.44. The van der Waals surface area contributed by atoms with Crippen LogP contribution in [0.25, 0.3) is 21.9 Å². The van der Waals surface area contributed by atoms with Crippen molar-refractivity contribution in [1.82, 2.24) is 0 Å². The quantitative estimate of drug-likeness (QED) is 0.576. The predicted molar refractivity (Wildman–Crippen MR) is 89.0 cm³/mol. The standard InChI is InChI=1S/C21H16O/c22-19-10-5-13-21(19)17-9-4-3-8-16(17)20-15-7-2-1-6-14(15)11-12-18(20)21/h1-4,6-9,11-12H,5,10,13H2. The summed E-state index contributed by atoms with van der Waals surface area (Å²) in [6.45, 7) is 0. The van der Waals surface area contributed by atoms with E-state index in [1.165, 1.54) is 33.0 Å². The van der Waals surface area contributed by atoms with Gasteiger partial charge in [-0.15, -0.1) is 0 Å². The molecule has 1 saturated carbocycles. The highest BCUT2D eigenvalue weighted by atomic mass is 16.1. The molecule has 1 nitrogen and oxygen atoms in total. The zero-order valence-corrected chi connectivity index (χ0v) is 12.3. The first-order chi connectivity index (χ1) is 10.8. The number of rotatable bonds is 0. The van der Waals surface area contributed by atoms with E-state index in [1.807, 2.05) is 0 Å². The molecule has 0 aliphatic heterocycles. The summed E-state index contributed by atoms with van der Waals surface area (Å²) in [5.74, 6) is 0.397. The topological polar surface area (TPSA) is 17.1 Å². The van der Waals surface area contributed by atoms with E-state index >= 15 is 0 Å². The van der Waals surface area contributed by atoms with Gasteiger partial charge in [0.15, 0.2) is 0 Å². The van der Waals surface area contributed by atoms with Crippen LogP contribution in [0.1, 0.15) is 30.4 Å². The Labute approximate surface area is 129 Å². The van der Waals surface area contributed by atoms with Crippen LogP contribution in [0.15, 0.2) is 60.7 Å². The number of carbonyl (C=O) groups excluding carboxylic acids is 1. The summed E-state index contributed by atoms with van der Waals surface area (Å²) in [4.78, 5) is 12.9. The number of benzene rings is 3. The molecule has 2 aliphatic carbocycles. The van der Waals surface area contributed by atoms with Crippen molar-refractivity contribution in [3.63, 3.8) is 0 Å². The zero-order valence-electron chi connectivity index (χ0n) is 12.3. The Morgan fingerprint density at radius 3 is 2.50 bits per heavy atom. The highest BCUT2D eigenvalue weighted by Crippen LogP contribution is 2.56. The Balaban J connectivity index is 1.99. The van der Waals surface area contributed by atoms with Crippen molar-refractivity contribution < 1.29 is 4.79 Å². The molecule has 0 amide bonds. The fourth-order valence-corrected chi connectivity index (χ4v) is 4.57. The molecule has 0 aromatic heterocycles. The molecule has 0 heterocycles. The van der Waals surface area contributed by atoms with Crippen LogP contribution < -0.4 is 0 Å². The molecule has 22 heavy (non-hydrogen) atoms. The van der Waals surface area contributed by atoms with Gasteiger partial charge in [0.05, 0.1) is 5.41 Å². The Hall–Kier alpha value is -2.41. The van der Waals surface area contributed by atoms with Crippen molar-refractivity contribution in [2.45, 2.75) is 24.7 Å². The molecule has 2 aliphatic rings. The fraction of sp³-hybridized carbons (Fsp3) is 0.190. The van der Waals surface area contributed by atoms with Gasteiger partial charge in [0, 0.05) is 6.42 Å². The van der Waals surface area contributed by atoms with Gasteiger partial charge in [0.25, 0.3) is 0 Å². The maximum Gasteiger partial charge on any atom is 0.147 e. The molecule has 1 unspecified atom stereocenters. The van der Waals surface area contributed by atoms with Crippen LogP contribution in [-0.2, 0) is 10.2 Å². The highest BCUT2D eigenvalue weighted by molar-refractivity contribution is 6.09. The Morgan fingerprint density at radius 2 is 1.64 bits per heavy atom. The Morgan fingerprint density at radius 1 is 0.818 bits per heavy atom. The van der Waals surface area contributed by atoms with Crippen LogP contribution in [0.2, 0.25) is 0 Å². The molecule has 1 atom stereocenters. The maximum absolute atomic E-state index is 12.9. The number of hydrogen-bond acceptors (Lipinski definition) is 1. The van der Waals surface area contributed by atoms with Gasteiger partial charge in [-0.25, -0.2) is 0 Å². The van der Waals surface area contributed by atoms with Crippen LogP contribution in [0.3, 0.4) is 0 Å². The van der Waals surface area contributed by atoms with Gasteiger partial charge in [-0.05, 0) is 45.9 Å². The minimum atomic E-state index is -0.379. The van der Waals surface area contributed by atoms with E-state index in [1.54, 1.807) is 0 Å². The SMILES string of the molecule is O=C1CCCC12c1ccccc1-c1c2ccc2ccccc12. The van der Waals surface area contributed by atoms with E-state index in [4.69, 9.17) is 0 Å². The number of carbonyl (C=O) groups is 1. The average Bonchev–Trinajstić information content (AvgIpc) is 3.09. The maximum atomic E-state index is 12.9. The number of ketones is 1. The molecular formula is C21H16O. The van der Waals surface area contributed by atoms with E-state index in [2.05, 4.69) is 60.7 Å². The van der Waals surface area contributed by atoms with E-state index in [-0.39, 0.29) is 5.41 Å². The molecule has 5 rings (SSSR count). The third kappa shape index (κ3) is 1.28. The molecule has 1 fully saturated rings. The molecule has 106 valence electrons. The van der Waals surface area contributed by atoms with Gasteiger partial charge >= 0.3 is 0 Å². The van der Waals surface area contributed by atoms with E-state index in [9.17, 15) is 4.79 Å². The van der Waals surface area contributed by atoms with Gasteiger partial charge in [-0.3, -0.25) is 4.79 Å². The van der Waals surface area contributed by atoms with Crippen molar-refractivity contribution >= 4 is 16.6 Å². The summed E-state index contributed by atoms with van der Waals surface area (Å²) >= 11 is 0. The first-order valence-corrected chi connectivity index (χ1v) is 7.98. The minimum absolute atomic E-state index is 0.379. The molecule has 0 N–H and O–H groups in total. The van der Waals surface area contributed by atoms with E-state index < -0.39 is 0 Å². The van der Waals surface area contributed by atoms with Crippen LogP contribution in [0, 0.1) is 0 Å². The fourth-order valence-electron chi connectivity index (χ4n) is 4.57. The second kappa shape index (κ2) is 4.07. The lowest BCUT2D eigenvalue weighted by atomic mass is 9.76. The Bertz CT molecular complexity index is 938. The average molecular weight is 284 g/mol. The Kier molecular flexibility index (Phi) is 2.25. The normalized spacial score (nSPS) is 22.3. The van der Waals surface area contributed by atoms with Crippen LogP contribution >= 0.6 is 0 Å². The van der Waals surface area contributed by atoms with E-state index in [0.717, 1.165) is 12.8 Å². The number of fused-ring (bicyclic) bond motifs is 7. The summed E-state index contributed by atoms with van der Waals surface area (Å²) in [6, 6.07) is 21.4. The summed E-state index contributed by atoms with van der Waals surface area (Å²) in [7, 11) is 0. The largest absolute Gasteiger partial charge is 0.298 e. The molecule has 3 aromatic rings. The lowest BCUT2D eigenvalue weighted by molar-refractivity contribution is -0.120. The highest BCUT2D eigenvalue weighted by Gasteiger charge is 2.51. The third-order valence-corrected chi connectivity index (χ3v) is 5.48. The van der Waals surface area contributed by atoms with Crippen molar-refractivity contribution in [3.05, 3.63) is 71.8 Å². The van der Waals surface area contributed by atoms with Crippen molar-refractivity contribution in [3.8, 4) is 11.1 Å². The van der Waals surface area contributed by atoms with E-state index in [0.29, 0.717) is 12.2 Å². The first-order valence-electron chi connectivity index (χ1n) is 7.98. The monoisotopic (exact) mass is 284 g/mol. The molecule has 0 radical (unpaired) electrons. The lowest BCUT2D eigenvalue weighted by Gasteiger charge is -2.24. The van der Waals surface area contributed by atoms with Gasteiger partial charge in [-0.1, -0.05) is 60.7 Å². The van der Waals surface area contributed by atoms with Crippen LogP contribution in [0.5, 0.6) is 0 Å².